The molecule has 1 heterocycles. The van der Waals surface area contributed by atoms with Gasteiger partial charge in [0.25, 0.3) is 0 Å². The van der Waals surface area contributed by atoms with Crippen molar-refractivity contribution in [2.24, 2.45) is 0 Å². The van der Waals surface area contributed by atoms with E-state index in [-0.39, 0.29) is 5.75 Å². The molecule has 0 aromatic heterocycles. The normalized spacial score (nSPS) is 21.4. The molecule has 2 rings (SSSR count). The number of aryl methyl sites for hydroxylation is 1. The van der Waals surface area contributed by atoms with Crippen LogP contribution in [0.5, 0.6) is 0 Å². The fraction of sp³-hybridized carbons (Fsp3) is 0.500. The number of amides is 1. The Bertz CT molecular complexity index is 638. The van der Waals surface area contributed by atoms with Crippen LogP contribution in [0.4, 0.5) is 11.4 Å². The predicted octanol–water partition coefficient (Wildman–Crippen LogP) is 1.79. The number of nitrogen functional groups attached to an aromatic ring is 1. The third kappa shape index (κ3) is 2.80. The summed E-state index contributed by atoms with van der Waals surface area (Å²) in [6.45, 7) is 3.78. The van der Waals surface area contributed by atoms with Gasteiger partial charge in [-0.2, -0.15) is 0 Å². The average molecular weight is 296 g/mol. The number of hydrogen-bond donors (Lipinski definition) is 2. The van der Waals surface area contributed by atoms with Crippen molar-refractivity contribution in [3.8, 4) is 0 Å². The van der Waals surface area contributed by atoms with Crippen LogP contribution in [0.3, 0.4) is 0 Å². The van der Waals surface area contributed by atoms with Gasteiger partial charge >= 0.3 is 0 Å². The quantitative estimate of drug-likeness (QED) is 0.814. The van der Waals surface area contributed by atoms with Gasteiger partial charge in [-0.3, -0.25) is 4.79 Å². The maximum Gasteiger partial charge on any atom is 0.242 e. The van der Waals surface area contributed by atoms with Crippen LogP contribution in [0.1, 0.15) is 30.4 Å². The van der Waals surface area contributed by atoms with Crippen LogP contribution in [-0.4, -0.2) is 25.3 Å². The minimum Gasteiger partial charge on any atom is -0.397 e. The van der Waals surface area contributed by atoms with Gasteiger partial charge in [-0.05, 0) is 43.9 Å². The number of benzene rings is 1. The van der Waals surface area contributed by atoms with Gasteiger partial charge in [0.1, 0.15) is 5.25 Å². The molecule has 1 fully saturated rings. The van der Waals surface area contributed by atoms with Crippen molar-refractivity contribution in [3.63, 3.8) is 0 Å². The zero-order valence-electron chi connectivity index (χ0n) is 11.8. The Morgan fingerprint density at radius 2 is 2.00 bits per heavy atom. The molecule has 0 bridgehead atoms. The number of nitrogens with one attached hydrogen (secondary N) is 1. The highest BCUT2D eigenvalue weighted by Gasteiger charge is 2.35. The summed E-state index contributed by atoms with van der Waals surface area (Å²) in [4.78, 5) is 12.3. The van der Waals surface area contributed by atoms with Crippen molar-refractivity contribution >= 4 is 27.1 Å². The van der Waals surface area contributed by atoms with E-state index in [0.29, 0.717) is 24.2 Å². The molecule has 6 heteroatoms. The monoisotopic (exact) mass is 296 g/mol. The summed E-state index contributed by atoms with van der Waals surface area (Å²) in [7, 11) is -3.33. The van der Waals surface area contributed by atoms with E-state index < -0.39 is 21.0 Å². The molecule has 1 amide bonds. The Morgan fingerprint density at radius 1 is 1.30 bits per heavy atom. The number of nitrogens with two attached hydrogens (primary N) is 1. The van der Waals surface area contributed by atoms with E-state index in [1.165, 1.54) is 0 Å². The molecular weight excluding hydrogens is 276 g/mol. The van der Waals surface area contributed by atoms with Crippen molar-refractivity contribution in [1.29, 1.82) is 0 Å². The summed E-state index contributed by atoms with van der Waals surface area (Å²) in [5.74, 6) is -0.377. The largest absolute Gasteiger partial charge is 0.397 e. The Hall–Kier alpha value is -1.56. The highest BCUT2D eigenvalue weighted by atomic mass is 32.2. The van der Waals surface area contributed by atoms with E-state index in [4.69, 9.17) is 5.73 Å². The van der Waals surface area contributed by atoms with Crippen LogP contribution in [0.15, 0.2) is 12.1 Å². The number of sulfone groups is 1. The number of rotatable bonds is 2. The van der Waals surface area contributed by atoms with E-state index in [1.807, 2.05) is 19.9 Å². The molecule has 1 aromatic rings. The number of carbonyl (C=O) groups excluding carboxylic acids is 1. The first-order valence-electron chi connectivity index (χ1n) is 6.71. The highest BCUT2D eigenvalue weighted by molar-refractivity contribution is 7.92. The standard InChI is InChI=1S/C14H20N2O3S/c1-9-6-7-11(15)13(10(9)2)16-14(17)12-5-3-4-8-20(12,18)19/h6-7,12H,3-5,8,15H2,1-2H3,(H,16,17). The van der Waals surface area contributed by atoms with Crippen LogP contribution in [0.2, 0.25) is 0 Å². The van der Waals surface area contributed by atoms with Gasteiger partial charge in [0.15, 0.2) is 9.84 Å². The van der Waals surface area contributed by atoms with Crippen LogP contribution in [0, 0.1) is 13.8 Å². The number of hydrogen-bond acceptors (Lipinski definition) is 4. The van der Waals surface area contributed by atoms with Crippen molar-refractivity contribution in [2.45, 2.75) is 38.4 Å². The van der Waals surface area contributed by atoms with Gasteiger partial charge < -0.3 is 11.1 Å². The van der Waals surface area contributed by atoms with Crippen LogP contribution in [-0.2, 0) is 14.6 Å². The van der Waals surface area contributed by atoms with Gasteiger partial charge in [-0.1, -0.05) is 12.5 Å². The van der Waals surface area contributed by atoms with Gasteiger partial charge in [0.2, 0.25) is 5.91 Å². The Balaban J connectivity index is 2.26. The maximum atomic E-state index is 12.3. The maximum absolute atomic E-state index is 12.3. The Labute approximate surface area is 119 Å². The molecule has 0 aliphatic carbocycles. The minimum atomic E-state index is -3.33. The summed E-state index contributed by atoms with van der Waals surface area (Å²) in [6.07, 6.45) is 1.79. The summed E-state index contributed by atoms with van der Waals surface area (Å²) >= 11 is 0. The lowest BCUT2D eigenvalue weighted by molar-refractivity contribution is -0.116. The van der Waals surface area contributed by atoms with E-state index in [9.17, 15) is 13.2 Å². The summed E-state index contributed by atoms with van der Waals surface area (Å²) in [5.41, 5.74) is 8.72. The van der Waals surface area contributed by atoms with Gasteiger partial charge in [-0.15, -0.1) is 0 Å². The number of carbonyl (C=O) groups is 1. The van der Waals surface area contributed by atoms with E-state index in [0.717, 1.165) is 17.5 Å². The second-order valence-corrected chi connectivity index (χ2v) is 7.62. The van der Waals surface area contributed by atoms with E-state index in [2.05, 4.69) is 5.32 Å². The SMILES string of the molecule is Cc1ccc(N)c(NC(=O)C2CCCCS2(=O)=O)c1C. The second-order valence-electron chi connectivity index (χ2n) is 5.31. The van der Waals surface area contributed by atoms with Crippen LogP contribution in [0.25, 0.3) is 0 Å². The predicted molar refractivity (Wildman–Crippen MR) is 80.4 cm³/mol. The number of anilines is 2. The van der Waals surface area contributed by atoms with Crippen molar-refractivity contribution < 1.29 is 13.2 Å². The van der Waals surface area contributed by atoms with Crippen molar-refractivity contribution in [2.75, 3.05) is 16.8 Å². The fourth-order valence-corrected chi connectivity index (χ4v) is 4.26. The van der Waals surface area contributed by atoms with Crippen molar-refractivity contribution in [3.05, 3.63) is 23.3 Å². The Morgan fingerprint density at radius 3 is 2.65 bits per heavy atom. The smallest absolute Gasteiger partial charge is 0.242 e. The molecule has 1 aromatic carbocycles. The summed E-state index contributed by atoms with van der Waals surface area (Å²) in [5, 5.41) is 1.75. The first kappa shape index (κ1) is 14.8. The van der Waals surface area contributed by atoms with E-state index in [1.54, 1.807) is 6.07 Å². The molecule has 0 saturated carbocycles. The molecule has 0 radical (unpaired) electrons. The average Bonchev–Trinajstić information content (AvgIpc) is 2.38. The Kier molecular flexibility index (Phi) is 4.04. The van der Waals surface area contributed by atoms with Gasteiger partial charge in [0, 0.05) is 0 Å². The lowest BCUT2D eigenvalue weighted by atomic mass is 10.1. The molecule has 1 unspecified atom stereocenters. The third-order valence-electron chi connectivity index (χ3n) is 3.89. The van der Waals surface area contributed by atoms with Crippen LogP contribution < -0.4 is 11.1 Å². The highest BCUT2D eigenvalue weighted by Crippen LogP contribution is 2.28. The molecule has 1 saturated heterocycles. The summed E-state index contributed by atoms with van der Waals surface area (Å²) < 4.78 is 23.9. The molecule has 0 spiro atoms. The van der Waals surface area contributed by atoms with Gasteiger partial charge in [0.05, 0.1) is 17.1 Å². The van der Waals surface area contributed by atoms with Gasteiger partial charge in [-0.25, -0.2) is 8.42 Å². The zero-order valence-corrected chi connectivity index (χ0v) is 12.6. The third-order valence-corrected chi connectivity index (χ3v) is 6.06. The van der Waals surface area contributed by atoms with Crippen molar-refractivity contribution in [1.82, 2.24) is 0 Å². The van der Waals surface area contributed by atoms with E-state index >= 15 is 0 Å². The topological polar surface area (TPSA) is 89.3 Å². The molecule has 5 nitrogen and oxygen atoms in total. The van der Waals surface area contributed by atoms with Crippen LogP contribution >= 0.6 is 0 Å². The lowest BCUT2D eigenvalue weighted by Crippen LogP contribution is -2.39. The second kappa shape index (κ2) is 5.44. The zero-order chi connectivity index (χ0) is 14.9. The lowest BCUT2D eigenvalue weighted by Gasteiger charge is -2.22. The molecule has 3 N–H and O–H groups in total. The minimum absolute atomic E-state index is 0.0906. The molecule has 1 aliphatic heterocycles. The molecule has 1 aliphatic rings. The first-order valence-corrected chi connectivity index (χ1v) is 8.42. The molecule has 20 heavy (non-hydrogen) atoms. The fourth-order valence-electron chi connectivity index (χ4n) is 2.46. The molecule has 110 valence electrons. The molecular formula is C14H20N2O3S. The molecule has 1 atom stereocenters. The first-order chi connectivity index (χ1) is 9.33. The summed E-state index contributed by atoms with van der Waals surface area (Å²) in [6, 6.07) is 3.59.